The highest BCUT2D eigenvalue weighted by atomic mass is 35.5. The first kappa shape index (κ1) is 26.8. The Bertz CT molecular complexity index is 1130. The largest absolute Gasteiger partial charge is 0.350 e. The van der Waals surface area contributed by atoms with Crippen LogP contribution in [0.15, 0.2) is 78.9 Å². The minimum atomic E-state index is -0.675. The van der Waals surface area contributed by atoms with Crippen molar-refractivity contribution >= 4 is 35.0 Å². The Labute approximate surface area is 218 Å². The number of hydrogen-bond acceptors (Lipinski definition) is 2. The van der Waals surface area contributed by atoms with Crippen molar-refractivity contribution in [2.75, 3.05) is 0 Å². The molecule has 0 aliphatic heterocycles. The monoisotopic (exact) mass is 510 g/mol. The van der Waals surface area contributed by atoms with E-state index in [2.05, 4.69) is 5.32 Å². The SMILES string of the molecule is CC(C)(C)NC(=O)[C@@H](Cc1ccccc1)N(Cc1ccc(Cl)cc1)C(=O)CCc1ccccc1Cl. The molecule has 0 fully saturated rings. The van der Waals surface area contributed by atoms with Gasteiger partial charge in [0.2, 0.25) is 11.8 Å². The van der Waals surface area contributed by atoms with E-state index < -0.39 is 11.6 Å². The molecule has 3 rings (SSSR count). The third-order valence-corrected chi connectivity index (χ3v) is 6.22. The van der Waals surface area contributed by atoms with Crippen LogP contribution in [0.25, 0.3) is 0 Å². The maximum atomic E-state index is 13.7. The van der Waals surface area contributed by atoms with Crippen molar-refractivity contribution in [1.82, 2.24) is 10.2 Å². The summed E-state index contributed by atoms with van der Waals surface area (Å²) in [5.74, 6) is -0.286. The molecule has 184 valence electrons. The molecule has 6 heteroatoms. The molecule has 35 heavy (non-hydrogen) atoms. The highest BCUT2D eigenvalue weighted by Gasteiger charge is 2.32. The zero-order chi connectivity index (χ0) is 25.4. The highest BCUT2D eigenvalue weighted by molar-refractivity contribution is 6.31. The summed E-state index contributed by atoms with van der Waals surface area (Å²) in [5.41, 5.74) is 2.37. The molecule has 0 heterocycles. The molecule has 0 aliphatic carbocycles. The van der Waals surface area contributed by atoms with Crippen molar-refractivity contribution in [3.05, 3.63) is 106 Å². The quantitative estimate of drug-likeness (QED) is 0.358. The summed E-state index contributed by atoms with van der Waals surface area (Å²) < 4.78 is 0. The average molecular weight is 511 g/mol. The smallest absolute Gasteiger partial charge is 0.243 e. The van der Waals surface area contributed by atoms with Gasteiger partial charge in [-0.3, -0.25) is 9.59 Å². The van der Waals surface area contributed by atoms with Gasteiger partial charge in [-0.15, -0.1) is 0 Å². The molecule has 3 aromatic carbocycles. The van der Waals surface area contributed by atoms with Gasteiger partial charge in [0.15, 0.2) is 0 Å². The molecule has 0 radical (unpaired) electrons. The minimum absolute atomic E-state index is 0.107. The van der Waals surface area contributed by atoms with Gasteiger partial charge in [-0.1, -0.05) is 83.9 Å². The first-order chi connectivity index (χ1) is 16.6. The van der Waals surface area contributed by atoms with Gasteiger partial charge in [0.1, 0.15) is 6.04 Å². The molecule has 0 bridgehead atoms. The molecule has 0 saturated carbocycles. The average Bonchev–Trinajstić information content (AvgIpc) is 2.81. The Morgan fingerprint density at radius 2 is 1.49 bits per heavy atom. The number of nitrogens with one attached hydrogen (secondary N) is 1. The summed E-state index contributed by atoms with van der Waals surface area (Å²) in [4.78, 5) is 28.9. The fourth-order valence-electron chi connectivity index (χ4n) is 3.88. The third kappa shape index (κ3) is 8.41. The molecule has 0 saturated heterocycles. The zero-order valence-electron chi connectivity index (χ0n) is 20.4. The number of carbonyl (C=O) groups excluding carboxylic acids is 2. The summed E-state index contributed by atoms with van der Waals surface area (Å²) in [6.07, 6.45) is 1.15. The molecule has 0 spiro atoms. The topological polar surface area (TPSA) is 49.4 Å². The summed E-state index contributed by atoms with van der Waals surface area (Å²) in [7, 11) is 0. The fraction of sp³-hybridized carbons (Fsp3) is 0.310. The third-order valence-electron chi connectivity index (χ3n) is 5.60. The van der Waals surface area contributed by atoms with Crippen LogP contribution in [0.5, 0.6) is 0 Å². The number of nitrogens with zero attached hydrogens (tertiary/aromatic N) is 1. The van der Waals surface area contributed by atoms with E-state index in [1.807, 2.05) is 87.5 Å². The van der Waals surface area contributed by atoms with Crippen LogP contribution >= 0.6 is 23.2 Å². The fourth-order valence-corrected chi connectivity index (χ4v) is 4.24. The number of amides is 2. The Kier molecular flexibility index (Phi) is 9.36. The summed E-state index contributed by atoms with van der Waals surface area (Å²) >= 11 is 12.4. The molecule has 2 amide bonds. The Balaban J connectivity index is 1.93. The van der Waals surface area contributed by atoms with E-state index >= 15 is 0 Å². The predicted molar refractivity (Wildman–Crippen MR) is 144 cm³/mol. The van der Waals surface area contributed by atoms with Crippen molar-refractivity contribution in [2.45, 2.75) is 58.2 Å². The van der Waals surface area contributed by atoms with Crippen LogP contribution in [0, 0.1) is 0 Å². The summed E-state index contributed by atoms with van der Waals surface area (Å²) in [6.45, 7) is 6.11. The van der Waals surface area contributed by atoms with Crippen molar-refractivity contribution in [3.8, 4) is 0 Å². The molecule has 4 nitrogen and oxygen atoms in total. The second-order valence-electron chi connectivity index (χ2n) is 9.68. The molecule has 0 aliphatic rings. The lowest BCUT2D eigenvalue weighted by molar-refractivity contribution is -0.141. The lowest BCUT2D eigenvalue weighted by Gasteiger charge is -2.34. The number of benzene rings is 3. The molecule has 0 unspecified atom stereocenters. The number of hydrogen-bond donors (Lipinski definition) is 1. The van der Waals surface area contributed by atoms with Crippen molar-refractivity contribution in [1.29, 1.82) is 0 Å². The maximum absolute atomic E-state index is 13.7. The van der Waals surface area contributed by atoms with Crippen LogP contribution in [0.1, 0.15) is 43.9 Å². The number of rotatable bonds is 9. The standard InChI is InChI=1S/C29H32Cl2N2O2/c1-29(2,3)32-28(35)26(19-21-9-5-4-6-10-21)33(20-22-13-16-24(30)17-14-22)27(34)18-15-23-11-7-8-12-25(23)31/h4-14,16-17,26H,15,18-20H2,1-3H3,(H,32,35)/t26-/m1/s1. The Hall–Kier alpha value is -2.82. The van der Waals surface area contributed by atoms with Gasteiger partial charge >= 0.3 is 0 Å². The van der Waals surface area contributed by atoms with Gasteiger partial charge < -0.3 is 10.2 Å². The van der Waals surface area contributed by atoms with E-state index in [4.69, 9.17) is 23.2 Å². The highest BCUT2D eigenvalue weighted by Crippen LogP contribution is 2.21. The number of carbonyl (C=O) groups is 2. The van der Waals surface area contributed by atoms with Crippen LogP contribution in [0.3, 0.4) is 0 Å². The second-order valence-corrected chi connectivity index (χ2v) is 10.5. The van der Waals surface area contributed by atoms with Gasteiger partial charge in [0.05, 0.1) is 0 Å². The van der Waals surface area contributed by atoms with Gasteiger partial charge in [0, 0.05) is 35.0 Å². The second kappa shape index (κ2) is 12.2. The predicted octanol–water partition coefficient (Wildman–Crippen LogP) is 6.48. The Morgan fingerprint density at radius 3 is 2.11 bits per heavy atom. The van der Waals surface area contributed by atoms with Crippen molar-refractivity contribution in [3.63, 3.8) is 0 Å². The lowest BCUT2D eigenvalue weighted by Crippen LogP contribution is -2.54. The van der Waals surface area contributed by atoms with Crippen molar-refractivity contribution < 1.29 is 9.59 Å². The normalized spacial score (nSPS) is 12.1. The van der Waals surface area contributed by atoms with E-state index in [-0.39, 0.29) is 18.2 Å². The maximum Gasteiger partial charge on any atom is 0.243 e. The first-order valence-corrected chi connectivity index (χ1v) is 12.5. The van der Waals surface area contributed by atoms with Crippen LogP contribution in [0.2, 0.25) is 10.0 Å². The molecule has 0 aromatic heterocycles. The van der Waals surface area contributed by atoms with E-state index in [0.717, 1.165) is 16.7 Å². The number of aryl methyl sites for hydroxylation is 1. The van der Waals surface area contributed by atoms with Gasteiger partial charge in [0.25, 0.3) is 0 Å². The summed E-state index contributed by atoms with van der Waals surface area (Å²) in [5, 5.41) is 4.33. The van der Waals surface area contributed by atoms with Gasteiger partial charge in [-0.25, -0.2) is 0 Å². The molecular weight excluding hydrogens is 479 g/mol. The molecule has 1 atom stereocenters. The van der Waals surface area contributed by atoms with Crippen LogP contribution in [0.4, 0.5) is 0 Å². The van der Waals surface area contributed by atoms with E-state index in [1.54, 1.807) is 17.0 Å². The van der Waals surface area contributed by atoms with Gasteiger partial charge in [-0.2, -0.15) is 0 Å². The van der Waals surface area contributed by atoms with Crippen molar-refractivity contribution in [2.24, 2.45) is 0 Å². The van der Waals surface area contributed by atoms with E-state index in [9.17, 15) is 9.59 Å². The van der Waals surface area contributed by atoms with E-state index in [1.165, 1.54) is 0 Å². The van der Waals surface area contributed by atoms with Crippen LogP contribution in [-0.4, -0.2) is 28.3 Å². The summed E-state index contributed by atoms with van der Waals surface area (Å²) in [6, 6.07) is 24.0. The van der Waals surface area contributed by atoms with Crippen LogP contribution < -0.4 is 5.32 Å². The molecule has 1 N–H and O–H groups in total. The Morgan fingerprint density at radius 1 is 0.857 bits per heavy atom. The van der Waals surface area contributed by atoms with E-state index in [0.29, 0.717) is 29.4 Å². The van der Waals surface area contributed by atoms with Gasteiger partial charge in [-0.05, 0) is 62.1 Å². The zero-order valence-corrected chi connectivity index (χ0v) is 21.9. The minimum Gasteiger partial charge on any atom is -0.350 e. The molecule has 3 aromatic rings. The number of halogens is 2. The molecular formula is C29H32Cl2N2O2. The first-order valence-electron chi connectivity index (χ1n) is 11.8. The van der Waals surface area contributed by atoms with Crippen LogP contribution in [-0.2, 0) is 29.0 Å². The lowest BCUT2D eigenvalue weighted by atomic mass is 10.00.